The van der Waals surface area contributed by atoms with Crippen LogP contribution in [0.4, 0.5) is 0 Å². The Morgan fingerprint density at radius 1 is 1.14 bits per heavy atom. The van der Waals surface area contributed by atoms with Gasteiger partial charge in [0.2, 0.25) is 10.0 Å². The molecule has 0 spiro atoms. The van der Waals surface area contributed by atoms with E-state index in [4.69, 9.17) is 15.9 Å². The van der Waals surface area contributed by atoms with Crippen LogP contribution < -0.4 is 14.3 Å². The zero-order valence-corrected chi connectivity index (χ0v) is 21.1. The predicted octanol–water partition coefficient (Wildman–Crippen LogP) is 3.46. The molecule has 0 unspecified atom stereocenters. The van der Waals surface area contributed by atoms with Crippen LogP contribution in [0.15, 0.2) is 71.6 Å². The largest absolute Gasteiger partial charge is 0.493 e. The van der Waals surface area contributed by atoms with Crippen LogP contribution in [0, 0.1) is 12.3 Å². The number of terminal acetylenes is 1. The van der Waals surface area contributed by atoms with Crippen LogP contribution in [0.1, 0.15) is 10.4 Å². The first-order valence-corrected chi connectivity index (χ1v) is 12.7. The quantitative estimate of drug-likeness (QED) is 0.307. The first-order chi connectivity index (χ1) is 16.8. The molecule has 0 radical (unpaired) electrons. The number of amides is 1. The topological polar surface area (TPSA) is 90.2 Å². The number of thiazole rings is 1. The van der Waals surface area contributed by atoms with E-state index in [2.05, 4.69) is 24.1 Å². The third kappa shape index (κ3) is 5.38. The number of carbonyl (C=O) groups is 1. The third-order valence-electron chi connectivity index (χ3n) is 5.04. The highest BCUT2D eigenvalue weighted by molar-refractivity contribution is 7.89. The Morgan fingerprint density at radius 3 is 2.29 bits per heavy atom. The van der Waals surface area contributed by atoms with Gasteiger partial charge in [-0.3, -0.25) is 4.79 Å². The van der Waals surface area contributed by atoms with Gasteiger partial charge in [-0.15, -0.1) is 19.6 Å². The lowest BCUT2D eigenvalue weighted by atomic mass is 10.2. The van der Waals surface area contributed by atoms with E-state index in [1.165, 1.54) is 59.2 Å². The van der Waals surface area contributed by atoms with E-state index in [-0.39, 0.29) is 30.1 Å². The lowest BCUT2D eigenvalue weighted by Gasteiger charge is -2.19. The van der Waals surface area contributed by atoms with Crippen LogP contribution in [0.2, 0.25) is 0 Å². The van der Waals surface area contributed by atoms with Gasteiger partial charge in [-0.05, 0) is 24.3 Å². The van der Waals surface area contributed by atoms with Crippen molar-refractivity contribution >= 4 is 37.5 Å². The molecule has 0 aliphatic heterocycles. The molecule has 1 amide bonds. The summed E-state index contributed by atoms with van der Waals surface area (Å²) in [6, 6.07) is 9.21. The fourth-order valence-corrected chi connectivity index (χ4v) is 5.77. The Hall–Kier alpha value is -3.65. The summed E-state index contributed by atoms with van der Waals surface area (Å²) < 4.78 is 40.3. The Balaban J connectivity index is 2.02. The Kier molecular flexibility index (Phi) is 8.30. The van der Waals surface area contributed by atoms with Crippen LogP contribution in [0.25, 0.3) is 10.2 Å². The van der Waals surface area contributed by atoms with Gasteiger partial charge in [0.25, 0.3) is 5.91 Å². The molecule has 0 bridgehead atoms. The minimum Gasteiger partial charge on any atom is -0.493 e. The molecule has 2 aromatic carbocycles. The van der Waals surface area contributed by atoms with Gasteiger partial charge in [-0.2, -0.15) is 9.30 Å². The van der Waals surface area contributed by atoms with Crippen LogP contribution in [0.5, 0.6) is 11.5 Å². The van der Waals surface area contributed by atoms with Crippen molar-refractivity contribution in [3.05, 3.63) is 72.1 Å². The maximum absolute atomic E-state index is 12.9. The van der Waals surface area contributed by atoms with Gasteiger partial charge >= 0.3 is 0 Å². The highest BCUT2D eigenvalue weighted by atomic mass is 32.2. The summed E-state index contributed by atoms with van der Waals surface area (Å²) >= 11 is 1.28. The van der Waals surface area contributed by atoms with E-state index in [0.717, 1.165) is 10.2 Å². The number of methoxy groups -OCH3 is 2. The number of hydrogen-bond acceptors (Lipinski definition) is 6. The first kappa shape index (κ1) is 26.0. The molecule has 0 fully saturated rings. The van der Waals surface area contributed by atoms with Gasteiger partial charge in [0.05, 0.1) is 35.9 Å². The molecule has 8 nitrogen and oxygen atoms in total. The van der Waals surface area contributed by atoms with Crippen molar-refractivity contribution in [1.29, 1.82) is 0 Å². The Morgan fingerprint density at radius 2 is 1.74 bits per heavy atom. The molecule has 35 heavy (non-hydrogen) atoms. The Labute approximate surface area is 208 Å². The molecule has 3 aromatic rings. The van der Waals surface area contributed by atoms with E-state index >= 15 is 0 Å². The normalized spacial score (nSPS) is 11.9. The van der Waals surface area contributed by atoms with Gasteiger partial charge in [0.15, 0.2) is 16.3 Å². The second kappa shape index (κ2) is 11.2. The van der Waals surface area contributed by atoms with Crippen LogP contribution in [-0.2, 0) is 16.6 Å². The molecule has 0 aliphatic carbocycles. The fraction of sp³-hybridized carbons (Fsp3) is 0.200. The summed E-state index contributed by atoms with van der Waals surface area (Å²) in [4.78, 5) is 17.7. The molecular formula is C25H25N3O5S2. The van der Waals surface area contributed by atoms with Crippen molar-refractivity contribution in [2.24, 2.45) is 4.99 Å². The number of aromatic nitrogens is 1. The molecule has 182 valence electrons. The van der Waals surface area contributed by atoms with Crippen molar-refractivity contribution in [3.63, 3.8) is 0 Å². The predicted molar refractivity (Wildman–Crippen MR) is 137 cm³/mol. The highest BCUT2D eigenvalue weighted by Crippen LogP contribution is 2.33. The molecule has 1 aromatic heterocycles. The van der Waals surface area contributed by atoms with Gasteiger partial charge in [0.1, 0.15) is 0 Å². The zero-order valence-electron chi connectivity index (χ0n) is 19.4. The van der Waals surface area contributed by atoms with Gasteiger partial charge < -0.3 is 14.0 Å². The number of carbonyl (C=O) groups excluding carboxylic acids is 1. The standard InChI is InChI=1S/C25H25N3O5S2/c1-6-13-27(14-7-2)35(30,31)19-11-9-18(10-12-19)24(29)26-25-28(15-8-3)20-16-21(32-4)22(33-5)17-23(20)34-25/h3,6-7,9-12,16-17H,1-2,13-15H2,4-5H3. The minimum absolute atomic E-state index is 0.0567. The summed E-state index contributed by atoms with van der Waals surface area (Å²) in [6.45, 7) is 7.67. The van der Waals surface area contributed by atoms with Gasteiger partial charge in [-0.25, -0.2) is 8.42 Å². The first-order valence-electron chi connectivity index (χ1n) is 10.4. The number of ether oxygens (including phenoxy) is 2. The van der Waals surface area contributed by atoms with Crippen LogP contribution in [0.3, 0.4) is 0 Å². The van der Waals surface area contributed by atoms with E-state index in [0.29, 0.717) is 16.3 Å². The number of hydrogen-bond donors (Lipinski definition) is 0. The molecule has 1 heterocycles. The summed E-state index contributed by atoms with van der Waals surface area (Å²) in [5.41, 5.74) is 0.992. The molecular weight excluding hydrogens is 486 g/mol. The van der Waals surface area contributed by atoms with Crippen molar-refractivity contribution in [2.75, 3.05) is 27.3 Å². The third-order valence-corrected chi connectivity index (χ3v) is 7.93. The lowest BCUT2D eigenvalue weighted by molar-refractivity contribution is 0.0998. The van der Waals surface area contributed by atoms with Crippen molar-refractivity contribution in [3.8, 4) is 23.8 Å². The van der Waals surface area contributed by atoms with Crippen LogP contribution >= 0.6 is 11.3 Å². The monoisotopic (exact) mass is 511 g/mol. The number of fused-ring (bicyclic) bond motifs is 1. The Bertz CT molecular complexity index is 1470. The second-order valence-corrected chi connectivity index (χ2v) is 10.1. The number of nitrogens with zero attached hydrogens (tertiary/aromatic N) is 3. The van der Waals surface area contributed by atoms with Gasteiger partial charge in [-0.1, -0.05) is 29.4 Å². The molecule has 10 heteroatoms. The smallest absolute Gasteiger partial charge is 0.279 e. The number of rotatable bonds is 10. The minimum atomic E-state index is -3.77. The van der Waals surface area contributed by atoms with Gasteiger partial charge in [0, 0.05) is 30.8 Å². The van der Waals surface area contributed by atoms with E-state index < -0.39 is 15.9 Å². The average Bonchev–Trinajstić information content (AvgIpc) is 3.18. The number of benzene rings is 2. The van der Waals surface area contributed by atoms with Crippen molar-refractivity contribution in [2.45, 2.75) is 11.4 Å². The summed E-state index contributed by atoms with van der Waals surface area (Å²) in [5.74, 6) is 3.12. The fourth-order valence-electron chi connectivity index (χ4n) is 3.35. The highest BCUT2D eigenvalue weighted by Gasteiger charge is 2.22. The maximum Gasteiger partial charge on any atom is 0.279 e. The average molecular weight is 512 g/mol. The van der Waals surface area contributed by atoms with Crippen molar-refractivity contribution in [1.82, 2.24) is 8.87 Å². The summed E-state index contributed by atoms with van der Waals surface area (Å²) in [7, 11) is -0.693. The second-order valence-electron chi connectivity index (χ2n) is 7.19. The molecule has 3 rings (SSSR count). The molecule has 0 saturated carbocycles. The lowest BCUT2D eigenvalue weighted by Crippen LogP contribution is -2.31. The van der Waals surface area contributed by atoms with E-state index in [1.54, 1.807) is 23.8 Å². The van der Waals surface area contributed by atoms with E-state index in [1.807, 2.05) is 0 Å². The summed E-state index contributed by atoms with van der Waals surface area (Å²) in [6.07, 6.45) is 8.55. The zero-order chi connectivity index (χ0) is 25.6. The van der Waals surface area contributed by atoms with Crippen molar-refractivity contribution < 1.29 is 22.7 Å². The van der Waals surface area contributed by atoms with Crippen LogP contribution in [-0.4, -0.2) is 50.5 Å². The SMILES string of the molecule is C#CCn1c(=NC(=O)c2ccc(S(=O)(=O)N(CC=C)CC=C)cc2)sc2cc(OC)c(OC)cc21. The molecule has 0 atom stereocenters. The van der Waals surface area contributed by atoms with E-state index in [9.17, 15) is 13.2 Å². The molecule has 0 N–H and O–H groups in total. The molecule has 0 saturated heterocycles. The summed E-state index contributed by atoms with van der Waals surface area (Å²) in [5, 5.41) is 0. The molecule has 0 aliphatic rings. The maximum atomic E-state index is 12.9. The number of sulfonamides is 1.